The summed E-state index contributed by atoms with van der Waals surface area (Å²) < 4.78 is 15.7. The highest BCUT2D eigenvalue weighted by atomic mass is 16.7. The van der Waals surface area contributed by atoms with Crippen molar-refractivity contribution in [2.75, 3.05) is 13.9 Å². The van der Waals surface area contributed by atoms with Crippen LogP contribution in [-0.2, 0) is 14.2 Å². The van der Waals surface area contributed by atoms with E-state index in [0.29, 0.717) is 6.79 Å². The molecule has 3 heteroatoms. The Morgan fingerprint density at radius 2 is 2.33 bits per heavy atom. The first-order chi connectivity index (χ1) is 5.67. The monoisotopic (exact) mass is 172 g/mol. The van der Waals surface area contributed by atoms with Gasteiger partial charge in [0.25, 0.3) is 0 Å². The van der Waals surface area contributed by atoms with Gasteiger partial charge in [-0.15, -0.1) is 0 Å². The van der Waals surface area contributed by atoms with E-state index in [9.17, 15) is 0 Å². The molecule has 0 radical (unpaired) electrons. The quantitative estimate of drug-likeness (QED) is 0.606. The molecule has 0 saturated heterocycles. The van der Waals surface area contributed by atoms with Crippen molar-refractivity contribution in [3.05, 3.63) is 12.3 Å². The summed E-state index contributed by atoms with van der Waals surface area (Å²) in [5.74, 6) is 0. The Morgan fingerprint density at radius 1 is 1.58 bits per heavy atom. The van der Waals surface area contributed by atoms with E-state index in [-0.39, 0.29) is 11.7 Å². The summed E-state index contributed by atoms with van der Waals surface area (Å²) in [6.07, 6.45) is 4.66. The lowest BCUT2D eigenvalue weighted by molar-refractivity contribution is -0.149. The Balaban J connectivity index is 2.45. The van der Waals surface area contributed by atoms with Crippen molar-refractivity contribution in [3.63, 3.8) is 0 Å². The summed E-state index contributed by atoms with van der Waals surface area (Å²) in [4.78, 5) is 0. The van der Waals surface area contributed by atoms with Gasteiger partial charge in [0.15, 0.2) is 0 Å². The fourth-order valence-corrected chi connectivity index (χ4v) is 1.18. The third kappa shape index (κ3) is 2.22. The van der Waals surface area contributed by atoms with Gasteiger partial charge in [-0.25, -0.2) is 0 Å². The zero-order valence-corrected chi connectivity index (χ0v) is 7.87. The van der Waals surface area contributed by atoms with E-state index >= 15 is 0 Å². The Labute approximate surface area is 73.3 Å². The van der Waals surface area contributed by atoms with Crippen molar-refractivity contribution in [1.29, 1.82) is 0 Å². The molecule has 1 aliphatic rings. The normalized spacial score (nSPS) is 26.8. The molecule has 0 spiro atoms. The third-order valence-electron chi connectivity index (χ3n) is 1.98. The Bertz CT molecular complexity index is 163. The van der Waals surface area contributed by atoms with Crippen molar-refractivity contribution in [2.24, 2.45) is 0 Å². The van der Waals surface area contributed by atoms with Crippen molar-refractivity contribution in [1.82, 2.24) is 0 Å². The van der Waals surface area contributed by atoms with Crippen molar-refractivity contribution >= 4 is 0 Å². The van der Waals surface area contributed by atoms with Gasteiger partial charge >= 0.3 is 0 Å². The lowest BCUT2D eigenvalue weighted by Crippen LogP contribution is -2.41. The summed E-state index contributed by atoms with van der Waals surface area (Å²) in [6.45, 7) is 4.35. The first-order valence-electron chi connectivity index (χ1n) is 4.10. The molecule has 0 fully saturated rings. The molecule has 0 N–H and O–H groups in total. The SMILES string of the molecule is COCO[C@@H]1CC=COC1(C)C. The molecule has 0 amide bonds. The standard InChI is InChI=1S/C9H16O3/c1-9(2)8(11-7-10-3)5-4-6-12-9/h4,6,8H,5,7H2,1-3H3/t8-/m1/s1. The van der Waals surface area contributed by atoms with Crippen LogP contribution in [0.4, 0.5) is 0 Å². The smallest absolute Gasteiger partial charge is 0.146 e. The second-order valence-corrected chi connectivity index (χ2v) is 3.39. The zero-order valence-electron chi connectivity index (χ0n) is 7.87. The summed E-state index contributed by atoms with van der Waals surface area (Å²) in [5, 5.41) is 0. The maximum Gasteiger partial charge on any atom is 0.146 e. The number of hydrogen-bond acceptors (Lipinski definition) is 3. The van der Waals surface area contributed by atoms with Crippen LogP contribution in [0.25, 0.3) is 0 Å². The van der Waals surface area contributed by atoms with Crippen LogP contribution in [-0.4, -0.2) is 25.6 Å². The highest BCUT2D eigenvalue weighted by molar-refractivity contribution is 4.94. The molecular formula is C9H16O3. The van der Waals surface area contributed by atoms with Crippen LogP contribution < -0.4 is 0 Å². The minimum Gasteiger partial charge on any atom is -0.493 e. The molecule has 1 rings (SSSR count). The van der Waals surface area contributed by atoms with E-state index in [4.69, 9.17) is 14.2 Å². The van der Waals surface area contributed by atoms with Crippen LogP contribution in [0, 0.1) is 0 Å². The summed E-state index contributed by atoms with van der Waals surface area (Å²) in [6, 6.07) is 0. The van der Waals surface area contributed by atoms with Gasteiger partial charge in [0.2, 0.25) is 0 Å². The predicted molar refractivity (Wildman–Crippen MR) is 45.7 cm³/mol. The number of hydrogen-bond donors (Lipinski definition) is 0. The second kappa shape index (κ2) is 3.92. The molecule has 3 nitrogen and oxygen atoms in total. The molecule has 0 saturated carbocycles. The van der Waals surface area contributed by atoms with E-state index in [2.05, 4.69) is 0 Å². The van der Waals surface area contributed by atoms with Gasteiger partial charge < -0.3 is 14.2 Å². The van der Waals surface area contributed by atoms with Gasteiger partial charge in [0.05, 0.1) is 6.26 Å². The Hall–Kier alpha value is -0.540. The van der Waals surface area contributed by atoms with E-state index in [1.54, 1.807) is 13.4 Å². The first kappa shape index (κ1) is 9.55. The maximum absolute atomic E-state index is 5.45. The molecule has 0 bridgehead atoms. The summed E-state index contributed by atoms with van der Waals surface area (Å²) >= 11 is 0. The number of methoxy groups -OCH3 is 1. The van der Waals surface area contributed by atoms with Gasteiger partial charge in [0.1, 0.15) is 18.5 Å². The molecule has 1 aliphatic heterocycles. The third-order valence-corrected chi connectivity index (χ3v) is 1.98. The van der Waals surface area contributed by atoms with Crippen molar-refractivity contribution < 1.29 is 14.2 Å². The van der Waals surface area contributed by atoms with Crippen LogP contribution in [0.5, 0.6) is 0 Å². The van der Waals surface area contributed by atoms with Crippen LogP contribution in [0.2, 0.25) is 0 Å². The Kier molecular flexibility index (Phi) is 3.12. The molecule has 12 heavy (non-hydrogen) atoms. The maximum atomic E-state index is 5.45. The molecule has 0 aromatic carbocycles. The fraction of sp³-hybridized carbons (Fsp3) is 0.778. The van der Waals surface area contributed by atoms with Gasteiger partial charge in [-0.2, -0.15) is 0 Å². The lowest BCUT2D eigenvalue weighted by Gasteiger charge is -2.35. The summed E-state index contributed by atoms with van der Waals surface area (Å²) in [7, 11) is 1.62. The van der Waals surface area contributed by atoms with Gasteiger partial charge in [-0.1, -0.05) is 0 Å². The van der Waals surface area contributed by atoms with Crippen LogP contribution in [0.3, 0.4) is 0 Å². The molecule has 70 valence electrons. The lowest BCUT2D eigenvalue weighted by atomic mass is 9.97. The van der Waals surface area contributed by atoms with E-state index in [1.807, 2.05) is 19.9 Å². The molecule has 0 aromatic heterocycles. The highest BCUT2D eigenvalue weighted by Gasteiger charge is 2.32. The van der Waals surface area contributed by atoms with E-state index < -0.39 is 0 Å². The van der Waals surface area contributed by atoms with Gasteiger partial charge in [0, 0.05) is 7.11 Å². The second-order valence-electron chi connectivity index (χ2n) is 3.39. The average molecular weight is 172 g/mol. The molecule has 0 unspecified atom stereocenters. The molecule has 1 atom stereocenters. The Morgan fingerprint density at radius 3 is 2.92 bits per heavy atom. The van der Waals surface area contributed by atoms with Gasteiger partial charge in [-0.3, -0.25) is 0 Å². The zero-order chi connectivity index (χ0) is 9.03. The molecule has 0 aromatic rings. The highest BCUT2D eigenvalue weighted by Crippen LogP contribution is 2.25. The van der Waals surface area contributed by atoms with Crippen LogP contribution >= 0.6 is 0 Å². The first-order valence-corrected chi connectivity index (χ1v) is 4.10. The van der Waals surface area contributed by atoms with E-state index in [0.717, 1.165) is 6.42 Å². The molecule has 1 heterocycles. The van der Waals surface area contributed by atoms with Crippen LogP contribution in [0.1, 0.15) is 20.3 Å². The minimum atomic E-state index is -0.243. The number of ether oxygens (including phenoxy) is 3. The average Bonchev–Trinajstić information content (AvgIpc) is 2.02. The molecular weight excluding hydrogens is 156 g/mol. The topological polar surface area (TPSA) is 27.7 Å². The minimum absolute atomic E-state index is 0.0856. The predicted octanol–water partition coefficient (Wildman–Crippen LogP) is 1.69. The largest absolute Gasteiger partial charge is 0.493 e. The van der Waals surface area contributed by atoms with Crippen molar-refractivity contribution in [2.45, 2.75) is 32.0 Å². The molecule has 0 aliphatic carbocycles. The van der Waals surface area contributed by atoms with Crippen LogP contribution in [0.15, 0.2) is 12.3 Å². The number of rotatable bonds is 3. The summed E-state index contributed by atoms with van der Waals surface area (Å²) in [5.41, 5.74) is -0.243. The van der Waals surface area contributed by atoms with Crippen molar-refractivity contribution in [3.8, 4) is 0 Å². The fourth-order valence-electron chi connectivity index (χ4n) is 1.18. The van der Waals surface area contributed by atoms with E-state index in [1.165, 1.54) is 0 Å². The van der Waals surface area contributed by atoms with Gasteiger partial charge in [-0.05, 0) is 26.3 Å².